The molecule has 16 heavy (non-hydrogen) atoms. The largest absolute Gasteiger partial charge is 0.364 e. The number of rotatable bonds is 2. The Labute approximate surface area is 96.9 Å². The van der Waals surface area contributed by atoms with Crippen LogP contribution in [-0.4, -0.2) is 16.0 Å². The predicted octanol–water partition coefficient (Wildman–Crippen LogP) is 1.40. The summed E-state index contributed by atoms with van der Waals surface area (Å²) in [4.78, 5) is 26.4. The topological polar surface area (TPSA) is 73.1 Å². The van der Waals surface area contributed by atoms with Crippen LogP contribution in [0.3, 0.4) is 0 Å². The zero-order valence-corrected chi connectivity index (χ0v) is 9.07. The highest BCUT2D eigenvalue weighted by Gasteiger charge is 2.12. The van der Waals surface area contributed by atoms with Gasteiger partial charge < -0.3 is 5.73 Å². The molecule has 2 aromatic rings. The predicted molar refractivity (Wildman–Crippen MR) is 63.6 cm³/mol. The van der Waals surface area contributed by atoms with Gasteiger partial charge in [-0.1, -0.05) is 18.2 Å². The first-order valence-corrected chi connectivity index (χ1v) is 4.97. The van der Waals surface area contributed by atoms with Crippen LogP contribution in [0, 0.1) is 0 Å². The molecule has 0 atom stereocenters. The van der Waals surface area contributed by atoms with Crippen LogP contribution in [0.4, 0.5) is 0 Å². The Morgan fingerprint density at radius 3 is 2.56 bits per heavy atom. The zero-order valence-electron chi connectivity index (χ0n) is 8.18. The summed E-state index contributed by atoms with van der Waals surface area (Å²) in [7, 11) is 0. The lowest BCUT2D eigenvalue weighted by molar-refractivity contribution is 0.0996. The number of thiol groups is 1. The number of carbonyl (C=O) groups excluding carboxylic acids is 2. The summed E-state index contributed by atoms with van der Waals surface area (Å²) in [5.74, 6) is -0.665. The normalized spacial score (nSPS) is 10.3. The van der Waals surface area contributed by atoms with E-state index in [2.05, 4.69) is 17.6 Å². The quantitative estimate of drug-likeness (QED) is 0.769. The van der Waals surface area contributed by atoms with Crippen molar-refractivity contribution in [2.75, 3.05) is 0 Å². The van der Waals surface area contributed by atoms with Gasteiger partial charge in [0.05, 0.1) is 5.52 Å². The lowest BCUT2D eigenvalue weighted by Crippen LogP contribution is -2.14. The fraction of sp³-hybridized carbons (Fsp3) is 0. The molecule has 1 aromatic carbocycles. The van der Waals surface area contributed by atoms with Gasteiger partial charge in [-0.15, -0.1) is 12.6 Å². The number of hydrogen-bond donors (Lipinski definition) is 2. The fourth-order valence-electron chi connectivity index (χ4n) is 1.48. The summed E-state index contributed by atoms with van der Waals surface area (Å²) < 4.78 is 0. The van der Waals surface area contributed by atoms with Crippen molar-refractivity contribution in [3.8, 4) is 0 Å². The van der Waals surface area contributed by atoms with Crippen LogP contribution in [0.1, 0.15) is 20.8 Å². The Morgan fingerprint density at radius 2 is 1.94 bits per heavy atom. The Balaban J connectivity index is 2.84. The Hall–Kier alpha value is -1.88. The van der Waals surface area contributed by atoms with Gasteiger partial charge in [-0.25, -0.2) is 4.98 Å². The first kappa shape index (κ1) is 10.6. The van der Waals surface area contributed by atoms with Crippen molar-refractivity contribution < 1.29 is 9.59 Å². The van der Waals surface area contributed by atoms with Gasteiger partial charge in [0.15, 0.2) is 0 Å². The third-order valence-electron chi connectivity index (χ3n) is 2.20. The molecule has 4 nitrogen and oxygen atoms in total. The van der Waals surface area contributed by atoms with Gasteiger partial charge in [-0.05, 0) is 12.1 Å². The first-order chi connectivity index (χ1) is 7.59. The highest BCUT2D eigenvalue weighted by atomic mass is 32.1. The molecule has 0 unspecified atom stereocenters. The van der Waals surface area contributed by atoms with E-state index in [-0.39, 0.29) is 5.69 Å². The van der Waals surface area contributed by atoms with Crippen LogP contribution >= 0.6 is 12.6 Å². The molecular weight excluding hydrogens is 224 g/mol. The van der Waals surface area contributed by atoms with Gasteiger partial charge in [0.25, 0.3) is 5.91 Å². The average Bonchev–Trinajstić information content (AvgIpc) is 2.27. The van der Waals surface area contributed by atoms with E-state index in [0.29, 0.717) is 16.5 Å². The summed E-state index contributed by atoms with van der Waals surface area (Å²) in [5, 5.41) is 0.244. The number of primary amides is 1. The summed E-state index contributed by atoms with van der Waals surface area (Å²) in [6.07, 6.45) is 0. The van der Waals surface area contributed by atoms with Gasteiger partial charge in [-0.2, -0.15) is 0 Å². The summed E-state index contributed by atoms with van der Waals surface area (Å²) in [6.45, 7) is 0. The molecule has 2 rings (SSSR count). The molecule has 0 spiro atoms. The molecule has 5 heteroatoms. The van der Waals surface area contributed by atoms with Crippen molar-refractivity contribution >= 4 is 34.6 Å². The van der Waals surface area contributed by atoms with Gasteiger partial charge in [-0.3, -0.25) is 9.59 Å². The lowest BCUT2D eigenvalue weighted by atomic mass is 10.1. The molecule has 0 aliphatic heterocycles. The summed E-state index contributed by atoms with van der Waals surface area (Å²) in [5.41, 5.74) is 6.09. The first-order valence-electron chi connectivity index (χ1n) is 4.52. The second-order valence-electron chi connectivity index (χ2n) is 3.24. The van der Waals surface area contributed by atoms with Crippen molar-refractivity contribution in [2.24, 2.45) is 5.73 Å². The summed E-state index contributed by atoms with van der Waals surface area (Å²) >= 11 is 3.76. The number of nitrogens with zero attached hydrogens (tertiary/aromatic N) is 1. The molecule has 0 saturated heterocycles. The van der Waals surface area contributed by atoms with Crippen LogP contribution in [-0.2, 0) is 0 Å². The van der Waals surface area contributed by atoms with Crippen molar-refractivity contribution in [1.82, 2.24) is 4.98 Å². The van der Waals surface area contributed by atoms with Crippen molar-refractivity contribution in [2.45, 2.75) is 0 Å². The van der Waals surface area contributed by atoms with Gasteiger partial charge >= 0.3 is 0 Å². The third-order valence-corrected chi connectivity index (χ3v) is 2.44. The minimum Gasteiger partial charge on any atom is -0.364 e. The van der Waals surface area contributed by atoms with Crippen molar-refractivity contribution in [3.63, 3.8) is 0 Å². The molecule has 1 amide bonds. The minimum absolute atomic E-state index is 0.0658. The number of hydrogen-bond acceptors (Lipinski definition) is 3. The van der Waals surface area contributed by atoms with Crippen molar-refractivity contribution in [3.05, 3.63) is 41.6 Å². The van der Waals surface area contributed by atoms with Crippen molar-refractivity contribution in [1.29, 1.82) is 0 Å². The molecule has 0 radical (unpaired) electrons. The Bertz CT molecular complexity index is 596. The van der Waals surface area contributed by atoms with Crippen LogP contribution in [0.15, 0.2) is 30.3 Å². The van der Waals surface area contributed by atoms with Crippen LogP contribution in [0.5, 0.6) is 0 Å². The second kappa shape index (κ2) is 3.94. The van der Waals surface area contributed by atoms with E-state index in [0.717, 1.165) is 0 Å². The number of aromatic nitrogens is 1. The molecule has 1 heterocycles. The molecule has 0 aliphatic rings. The molecule has 2 N–H and O–H groups in total. The number of pyridine rings is 1. The van der Waals surface area contributed by atoms with E-state index in [9.17, 15) is 9.59 Å². The third kappa shape index (κ3) is 1.77. The average molecular weight is 232 g/mol. The smallest absolute Gasteiger partial charge is 0.267 e. The van der Waals surface area contributed by atoms with Crippen LogP contribution in [0.2, 0.25) is 0 Å². The SMILES string of the molecule is NC(=O)c1cc(C(=O)S)c2ccccc2n1. The second-order valence-corrected chi connectivity index (χ2v) is 3.65. The molecule has 1 aromatic heterocycles. The Kier molecular flexibility index (Phi) is 2.62. The van der Waals surface area contributed by atoms with Gasteiger partial charge in [0, 0.05) is 10.9 Å². The molecular formula is C11H8N2O2S. The molecule has 0 aliphatic carbocycles. The van der Waals surface area contributed by atoms with E-state index in [1.54, 1.807) is 24.3 Å². The van der Waals surface area contributed by atoms with E-state index in [1.807, 2.05) is 0 Å². The van der Waals surface area contributed by atoms with E-state index >= 15 is 0 Å². The fourth-order valence-corrected chi connectivity index (χ4v) is 1.66. The van der Waals surface area contributed by atoms with Crippen LogP contribution < -0.4 is 5.73 Å². The maximum atomic E-state index is 11.3. The van der Waals surface area contributed by atoms with E-state index in [4.69, 9.17) is 5.73 Å². The van der Waals surface area contributed by atoms with E-state index < -0.39 is 11.0 Å². The summed E-state index contributed by atoms with van der Waals surface area (Å²) in [6, 6.07) is 8.37. The lowest BCUT2D eigenvalue weighted by Gasteiger charge is -2.04. The standard InChI is InChI=1S/C11H8N2O2S/c12-10(14)9-5-7(11(15)16)6-3-1-2-4-8(6)13-9/h1-5H,(H2,12,14)(H,15,16). The van der Waals surface area contributed by atoms with Crippen LogP contribution in [0.25, 0.3) is 10.9 Å². The number of fused-ring (bicyclic) bond motifs is 1. The zero-order chi connectivity index (χ0) is 11.7. The maximum absolute atomic E-state index is 11.3. The number of amides is 1. The molecule has 80 valence electrons. The van der Waals surface area contributed by atoms with E-state index in [1.165, 1.54) is 6.07 Å². The molecule has 0 fully saturated rings. The number of para-hydroxylation sites is 1. The Morgan fingerprint density at radius 1 is 1.25 bits per heavy atom. The highest BCUT2D eigenvalue weighted by molar-refractivity contribution is 7.97. The minimum atomic E-state index is -0.665. The van der Waals surface area contributed by atoms with Gasteiger partial charge in [0.2, 0.25) is 5.12 Å². The number of nitrogens with two attached hydrogens (primary N) is 1. The molecule has 0 bridgehead atoms. The maximum Gasteiger partial charge on any atom is 0.267 e. The molecule has 0 saturated carbocycles. The monoisotopic (exact) mass is 232 g/mol. The van der Waals surface area contributed by atoms with Gasteiger partial charge in [0.1, 0.15) is 5.69 Å². The number of carbonyl (C=O) groups is 2. The highest BCUT2D eigenvalue weighted by Crippen LogP contribution is 2.19. The number of benzene rings is 1.